The number of amides is 3. The second-order valence-corrected chi connectivity index (χ2v) is 9.45. The lowest BCUT2D eigenvalue weighted by atomic mass is 9.63. The largest absolute Gasteiger partial charge is 0.354 e. The van der Waals surface area contributed by atoms with E-state index >= 15 is 0 Å². The molecule has 0 spiro atoms. The minimum atomic E-state index is -3.73. The smallest absolute Gasteiger partial charge is 0.240 e. The van der Waals surface area contributed by atoms with E-state index in [1.165, 1.54) is 12.1 Å². The molecule has 3 N–H and O–H groups in total. The number of sulfonamides is 1. The lowest BCUT2D eigenvalue weighted by Crippen LogP contribution is -2.41. The second-order valence-electron chi connectivity index (χ2n) is 7.89. The van der Waals surface area contributed by atoms with Crippen LogP contribution in [0.1, 0.15) is 18.4 Å². The average molecular weight is 417 g/mol. The molecule has 1 saturated heterocycles. The molecule has 1 aromatic carbocycles. The molecular weight excluding hydrogens is 394 g/mol. The zero-order valence-corrected chi connectivity index (χ0v) is 16.6. The van der Waals surface area contributed by atoms with Crippen molar-refractivity contribution in [2.75, 3.05) is 13.1 Å². The number of fused-ring (bicyclic) bond motifs is 1. The molecule has 0 aromatic heterocycles. The van der Waals surface area contributed by atoms with Gasteiger partial charge in [-0.15, -0.1) is 0 Å². The maximum Gasteiger partial charge on any atom is 0.240 e. The van der Waals surface area contributed by atoms with Gasteiger partial charge in [0, 0.05) is 6.54 Å². The third-order valence-electron chi connectivity index (χ3n) is 6.14. The number of carbonyl (C=O) groups excluding carboxylic acids is 3. The van der Waals surface area contributed by atoms with Gasteiger partial charge >= 0.3 is 0 Å². The lowest BCUT2D eigenvalue weighted by molar-refractivity contribution is -0.143. The molecule has 1 aliphatic heterocycles. The number of nitrogens with one attached hydrogen (secondary N) is 1. The van der Waals surface area contributed by atoms with Gasteiger partial charge in [-0.05, 0) is 48.8 Å². The Morgan fingerprint density at radius 1 is 1.03 bits per heavy atom. The van der Waals surface area contributed by atoms with Crippen molar-refractivity contribution >= 4 is 27.7 Å². The first-order chi connectivity index (χ1) is 13.8. The number of nitrogens with two attached hydrogens (primary N) is 1. The summed E-state index contributed by atoms with van der Waals surface area (Å²) in [5.41, 5.74) is 0.833. The molecule has 0 unspecified atom stereocenters. The Labute approximate surface area is 169 Å². The van der Waals surface area contributed by atoms with Crippen LogP contribution in [0.2, 0.25) is 0 Å². The number of benzene rings is 1. The molecule has 2 bridgehead atoms. The Bertz CT molecular complexity index is 954. The van der Waals surface area contributed by atoms with Crippen molar-refractivity contribution in [2.24, 2.45) is 28.8 Å². The highest BCUT2D eigenvalue weighted by atomic mass is 32.2. The molecule has 5 rings (SSSR count). The van der Waals surface area contributed by atoms with Crippen molar-refractivity contribution in [1.82, 2.24) is 10.2 Å². The van der Waals surface area contributed by atoms with Crippen LogP contribution in [-0.4, -0.2) is 44.1 Å². The van der Waals surface area contributed by atoms with Gasteiger partial charge in [0.05, 0.1) is 16.7 Å². The Morgan fingerprint density at radius 2 is 1.59 bits per heavy atom. The van der Waals surface area contributed by atoms with Crippen molar-refractivity contribution in [3.63, 3.8) is 0 Å². The summed E-state index contributed by atoms with van der Waals surface area (Å²) in [5, 5.41) is 7.78. The molecule has 3 aliphatic carbocycles. The van der Waals surface area contributed by atoms with E-state index in [1.807, 2.05) is 12.2 Å². The molecule has 9 heteroatoms. The van der Waals surface area contributed by atoms with Gasteiger partial charge in [-0.1, -0.05) is 24.3 Å². The maximum atomic E-state index is 12.7. The number of carbonyl (C=O) groups is 3. The number of hydrogen-bond acceptors (Lipinski definition) is 5. The van der Waals surface area contributed by atoms with Gasteiger partial charge in [0.1, 0.15) is 6.54 Å². The summed E-state index contributed by atoms with van der Waals surface area (Å²) in [5.74, 6) is -1.25. The predicted molar refractivity (Wildman–Crippen MR) is 104 cm³/mol. The van der Waals surface area contributed by atoms with Gasteiger partial charge in [-0.3, -0.25) is 19.3 Å². The predicted octanol–water partition coefficient (Wildman–Crippen LogP) is 0.190. The maximum absolute atomic E-state index is 12.7. The van der Waals surface area contributed by atoms with Gasteiger partial charge in [0.2, 0.25) is 27.7 Å². The Morgan fingerprint density at radius 3 is 2.07 bits per heavy atom. The van der Waals surface area contributed by atoms with Crippen LogP contribution in [0.25, 0.3) is 0 Å². The van der Waals surface area contributed by atoms with Gasteiger partial charge in [0.25, 0.3) is 0 Å². The molecular formula is C20H23N3O5S. The minimum absolute atomic E-state index is 0.0290. The summed E-state index contributed by atoms with van der Waals surface area (Å²) in [6, 6.07) is 6.09. The molecule has 4 atom stereocenters. The monoisotopic (exact) mass is 417 g/mol. The molecule has 29 heavy (non-hydrogen) atoms. The van der Waals surface area contributed by atoms with Crippen molar-refractivity contribution in [3.8, 4) is 0 Å². The first-order valence-electron chi connectivity index (χ1n) is 9.67. The molecule has 0 radical (unpaired) electrons. The van der Waals surface area contributed by atoms with E-state index in [4.69, 9.17) is 5.14 Å². The number of primary sulfonamides is 1. The fourth-order valence-electron chi connectivity index (χ4n) is 4.68. The molecule has 1 aromatic rings. The van der Waals surface area contributed by atoms with Crippen molar-refractivity contribution in [2.45, 2.75) is 24.2 Å². The molecule has 1 heterocycles. The zero-order valence-electron chi connectivity index (χ0n) is 15.8. The van der Waals surface area contributed by atoms with E-state index in [0.717, 1.165) is 23.3 Å². The molecule has 154 valence electrons. The molecule has 8 nitrogen and oxygen atoms in total. The van der Waals surface area contributed by atoms with Crippen LogP contribution in [0, 0.1) is 23.7 Å². The van der Waals surface area contributed by atoms with Crippen molar-refractivity contribution < 1.29 is 22.8 Å². The van der Waals surface area contributed by atoms with Crippen LogP contribution in [-0.2, 0) is 30.8 Å². The summed E-state index contributed by atoms with van der Waals surface area (Å²) in [6.45, 7) is 0.0535. The van der Waals surface area contributed by atoms with E-state index < -0.39 is 10.0 Å². The van der Waals surface area contributed by atoms with Crippen molar-refractivity contribution in [3.05, 3.63) is 42.0 Å². The molecule has 2 fully saturated rings. The first kappa shape index (κ1) is 19.8. The van der Waals surface area contributed by atoms with E-state index in [-0.39, 0.29) is 52.8 Å². The van der Waals surface area contributed by atoms with E-state index in [2.05, 4.69) is 5.32 Å². The summed E-state index contributed by atoms with van der Waals surface area (Å²) in [6.07, 6.45) is 6.42. The van der Waals surface area contributed by atoms with Gasteiger partial charge in [0.15, 0.2) is 0 Å². The standard InChI is InChI=1S/C20H23N3O5S/c21-29(27,28)15-7-1-12(2-8-15)9-10-22-16(24)11-23-19(25)17-13-3-4-14(6-5-13)18(17)20(23)26/h1-4,7-8,13-14,17-18H,5-6,9-11H2,(H,22,24)(H2,21,27,28)/t13-,14-,17-,18+/m0/s1. The van der Waals surface area contributed by atoms with Gasteiger partial charge in [-0.2, -0.15) is 0 Å². The number of likely N-dealkylation sites (tertiary alicyclic amines) is 1. The fourth-order valence-corrected chi connectivity index (χ4v) is 5.20. The fraction of sp³-hybridized carbons (Fsp3) is 0.450. The number of allylic oxidation sites excluding steroid dienone is 2. The number of nitrogens with zero attached hydrogens (tertiary/aromatic N) is 1. The summed E-state index contributed by atoms with van der Waals surface area (Å²) >= 11 is 0. The Kier molecular flexibility index (Phi) is 5.04. The highest BCUT2D eigenvalue weighted by Crippen LogP contribution is 2.49. The van der Waals surface area contributed by atoms with E-state index in [9.17, 15) is 22.8 Å². The number of rotatable bonds is 6. The Balaban J connectivity index is 1.30. The quantitative estimate of drug-likeness (QED) is 0.505. The third-order valence-corrected chi connectivity index (χ3v) is 7.07. The highest BCUT2D eigenvalue weighted by Gasteiger charge is 2.56. The van der Waals surface area contributed by atoms with Crippen LogP contribution < -0.4 is 10.5 Å². The van der Waals surface area contributed by atoms with E-state index in [0.29, 0.717) is 13.0 Å². The highest BCUT2D eigenvalue weighted by molar-refractivity contribution is 7.89. The van der Waals surface area contributed by atoms with Crippen LogP contribution in [0.15, 0.2) is 41.3 Å². The molecule has 3 amide bonds. The topological polar surface area (TPSA) is 127 Å². The SMILES string of the molecule is NS(=O)(=O)c1ccc(CCNC(=O)CN2C(=O)[C@@H]3[C@H](C2=O)[C@H]2C=C[C@H]3CC2)cc1. The summed E-state index contributed by atoms with van der Waals surface area (Å²) in [7, 11) is -3.73. The minimum Gasteiger partial charge on any atom is -0.354 e. The summed E-state index contributed by atoms with van der Waals surface area (Å²) in [4.78, 5) is 38.9. The number of imide groups is 1. The first-order valence-corrected chi connectivity index (χ1v) is 11.2. The summed E-state index contributed by atoms with van der Waals surface area (Å²) < 4.78 is 22.5. The van der Waals surface area contributed by atoms with Crippen LogP contribution in [0.5, 0.6) is 0 Å². The Hall–Kier alpha value is -2.52. The van der Waals surface area contributed by atoms with Crippen LogP contribution in [0.3, 0.4) is 0 Å². The molecule has 1 saturated carbocycles. The van der Waals surface area contributed by atoms with Gasteiger partial charge in [-0.25, -0.2) is 13.6 Å². The van der Waals surface area contributed by atoms with Gasteiger partial charge < -0.3 is 5.32 Å². The normalized spacial score (nSPS) is 28.0. The van der Waals surface area contributed by atoms with Crippen LogP contribution in [0.4, 0.5) is 0 Å². The zero-order chi connectivity index (χ0) is 20.8. The van der Waals surface area contributed by atoms with Crippen molar-refractivity contribution in [1.29, 1.82) is 0 Å². The lowest BCUT2D eigenvalue weighted by Gasteiger charge is -2.38. The third kappa shape index (κ3) is 3.72. The number of hydrogen-bond donors (Lipinski definition) is 2. The average Bonchev–Trinajstić information content (AvgIpc) is 2.96. The van der Waals surface area contributed by atoms with E-state index in [1.54, 1.807) is 12.1 Å². The second kappa shape index (κ2) is 7.38. The van der Waals surface area contributed by atoms with Crippen LogP contribution >= 0.6 is 0 Å². The molecule has 4 aliphatic rings.